The smallest absolute Gasteiger partial charge is 0.0416 e. The molecule has 0 aliphatic carbocycles. The molecule has 3 heteroatoms. The minimum atomic E-state index is 0.990. The van der Waals surface area contributed by atoms with E-state index in [1.807, 2.05) is 30.1 Å². The Morgan fingerprint density at radius 1 is 1.10 bits per heavy atom. The maximum atomic E-state index is 4.36. The van der Waals surface area contributed by atoms with E-state index in [1.54, 1.807) is 0 Å². The third-order valence-corrected chi connectivity index (χ3v) is 4.06. The van der Waals surface area contributed by atoms with Crippen LogP contribution in [0.2, 0.25) is 0 Å². The highest BCUT2D eigenvalue weighted by Gasteiger charge is 2.02. The van der Waals surface area contributed by atoms with E-state index in [9.17, 15) is 0 Å². The first-order valence-corrected chi connectivity index (χ1v) is 8.06. The fourth-order valence-corrected chi connectivity index (χ4v) is 2.76. The second-order valence-corrected chi connectivity index (χ2v) is 6.22. The Morgan fingerprint density at radius 2 is 1.90 bits per heavy atom. The summed E-state index contributed by atoms with van der Waals surface area (Å²) in [4.78, 5) is 8.06. The first-order valence-electron chi connectivity index (χ1n) is 7.08. The Morgan fingerprint density at radius 3 is 2.55 bits per heavy atom. The van der Waals surface area contributed by atoms with Crippen LogP contribution in [0.1, 0.15) is 18.2 Å². The van der Waals surface area contributed by atoms with Gasteiger partial charge in [0.05, 0.1) is 0 Å². The molecule has 0 saturated heterocycles. The molecule has 0 spiro atoms. The van der Waals surface area contributed by atoms with Gasteiger partial charge in [0.25, 0.3) is 0 Å². The van der Waals surface area contributed by atoms with Crippen LogP contribution in [-0.2, 0) is 13.0 Å². The van der Waals surface area contributed by atoms with Gasteiger partial charge in [0.1, 0.15) is 0 Å². The second-order valence-electron chi connectivity index (χ2n) is 4.89. The highest BCUT2D eigenvalue weighted by Crippen LogP contribution is 2.18. The SMILES string of the molecule is CCSc1ccc(CN(C)CCc2ccccn2)cc1. The summed E-state index contributed by atoms with van der Waals surface area (Å²) in [6.07, 6.45) is 2.86. The van der Waals surface area contributed by atoms with Gasteiger partial charge in [-0.2, -0.15) is 0 Å². The average Bonchev–Trinajstić information content (AvgIpc) is 2.49. The minimum absolute atomic E-state index is 0.990. The van der Waals surface area contributed by atoms with Gasteiger partial charge >= 0.3 is 0 Å². The van der Waals surface area contributed by atoms with Crippen LogP contribution in [0.25, 0.3) is 0 Å². The van der Waals surface area contributed by atoms with Crippen molar-refractivity contribution in [3.05, 3.63) is 59.9 Å². The highest BCUT2D eigenvalue weighted by atomic mass is 32.2. The molecule has 2 nitrogen and oxygen atoms in total. The molecule has 0 unspecified atom stereocenters. The highest BCUT2D eigenvalue weighted by molar-refractivity contribution is 7.99. The van der Waals surface area contributed by atoms with Crippen molar-refractivity contribution in [1.82, 2.24) is 9.88 Å². The first-order chi connectivity index (χ1) is 9.78. The van der Waals surface area contributed by atoms with Crippen molar-refractivity contribution >= 4 is 11.8 Å². The Balaban J connectivity index is 1.80. The number of aromatic nitrogens is 1. The standard InChI is InChI=1S/C17H22N2S/c1-3-20-17-9-7-15(8-10-17)14-19(2)13-11-16-6-4-5-12-18-16/h4-10,12H,3,11,13-14H2,1-2H3. The van der Waals surface area contributed by atoms with Crippen molar-refractivity contribution in [3.8, 4) is 0 Å². The van der Waals surface area contributed by atoms with Gasteiger partial charge in [-0.1, -0.05) is 25.1 Å². The number of pyridine rings is 1. The zero-order valence-corrected chi connectivity index (χ0v) is 13.1. The van der Waals surface area contributed by atoms with E-state index in [1.165, 1.54) is 10.5 Å². The largest absolute Gasteiger partial charge is 0.302 e. The number of likely N-dealkylation sites (N-methyl/N-ethyl adjacent to an activating group) is 1. The normalized spacial score (nSPS) is 10.9. The van der Waals surface area contributed by atoms with Crippen LogP contribution in [0, 0.1) is 0 Å². The predicted molar refractivity (Wildman–Crippen MR) is 87.1 cm³/mol. The maximum absolute atomic E-state index is 4.36. The van der Waals surface area contributed by atoms with Gasteiger partial charge in [-0.25, -0.2) is 0 Å². The average molecular weight is 286 g/mol. The van der Waals surface area contributed by atoms with Gasteiger partial charge in [0, 0.05) is 36.3 Å². The monoisotopic (exact) mass is 286 g/mol. The molecule has 0 amide bonds. The molecule has 0 atom stereocenters. The topological polar surface area (TPSA) is 16.1 Å². The lowest BCUT2D eigenvalue weighted by molar-refractivity contribution is 0.330. The van der Waals surface area contributed by atoms with Crippen LogP contribution in [0.15, 0.2) is 53.6 Å². The number of benzene rings is 1. The van der Waals surface area contributed by atoms with Gasteiger partial charge < -0.3 is 4.90 Å². The van der Waals surface area contributed by atoms with Gasteiger partial charge in [-0.3, -0.25) is 4.98 Å². The van der Waals surface area contributed by atoms with Crippen LogP contribution in [0.4, 0.5) is 0 Å². The van der Waals surface area contributed by atoms with Gasteiger partial charge in [0.2, 0.25) is 0 Å². The molecule has 0 fully saturated rings. The van der Waals surface area contributed by atoms with E-state index in [4.69, 9.17) is 0 Å². The summed E-state index contributed by atoms with van der Waals surface area (Å²) in [5, 5.41) is 0. The zero-order valence-electron chi connectivity index (χ0n) is 12.2. The van der Waals surface area contributed by atoms with E-state index in [2.05, 4.69) is 54.2 Å². The lowest BCUT2D eigenvalue weighted by Crippen LogP contribution is -2.21. The van der Waals surface area contributed by atoms with Crippen molar-refractivity contribution in [3.63, 3.8) is 0 Å². The molecule has 0 radical (unpaired) electrons. The number of nitrogens with zero attached hydrogens (tertiary/aromatic N) is 2. The molecule has 1 heterocycles. The minimum Gasteiger partial charge on any atom is -0.302 e. The number of hydrogen-bond acceptors (Lipinski definition) is 3. The van der Waals surface area contributed by atoms with E-state index in [0.717, 1.165) is 31.0 Å². The van der Waals surface area contributed by atoms with Gasteiger partial charge in [-0.05, 0) is 42.6 Å². The summed E-state index contributed by atoms with van der Waals surface area (Å²) < 4.78 is 0. The first kappa shape index (κ1) is 15.1. The molecule has 0 aliphatic heterocycles. The third-order valence-electron chi connectivity index (χ3n) is 3.16. The zero-order chi connectivity index (χ0) is 14.2. The molecule has 20 heavy (non-hydrogen) atoms. The van der Waals surface area contributed by atoms with E-state index in [-0.39, 0.29) is 0 Å². The second kappa shape index (κ2) is 8.08. The summed E-state index contributed by atoms with van der Waals surface area (Å²) in [7, 11) is 2.16. The van der Waals surface area contributed by atoms with Crippen LogP contribution in [-0.4, -0.2) is 29.2 Å². The molecule has 0 aliphatic rings. The lowest BCUT2D eigenvalue weighted by atomic mass is 10.2. The molecule has 0 saturated carbocycles. The molecule has 1 aromatic carbocycles. The maximum Gasteiger partial charge on any atom is 0.0416 e. The van der Waals surface area contributed by atoms with Gasteiger partial charge in [0.15, 0.2) is 0 Å². The third kappa shape index (κ3) is 4.99. The van der Waals surface area contributed by atoms with Crippen molar-refractivity contribution in [2.75, 3.05) is 19.3 Å². The van der Waals surface area contributed by atoms with Crippen LogP contribution < -0.4 is 0 Å². The summed E-state index contributed by atoms with van der Waals surface area (Å²) in [5.74, 6) is 1.13. The molecular formula is C17H22N2S. The molecule has 2 rings (SSSR count). The van der Waals surface area contributed by atoms with Crippen molar-refractivity contribution in [2.24, 2.45) is 0 Å². The van der Waals surface area contributed by atoms with Crippen molar-refractivity contribution < 1.29 is 0 Å². The predicted octanol–water partition coefficient (Wildman–Crippen LogP) is 3.87. The number of thioether (sulfide) groups is 1. The fraction of sp³-hybridized carbons (Fsp3) is 0.353. The van der Waals surface area contributed by atoms with Crippen molar-refractivity contribution in [2.45, 2.75) is 24.8 Å². The van der Waals surface area contributed by atoms with E-state index in [0.29, 0.717) is 0 Å². The molecule has 0 bridgehead atoms. The molecular weight excluding hydrogens is 264 g/mol. The lowest BCUT2D eigenvalue weighted by Gasteiger charge is -2.16. The van der Waals surface area contributed by atoms with E-state index >= 15 is 0 Å². The van der Waals surface area contributed by atoms with Crippen LogP contribution >= 0.6 is 11.8 Å². The van der Waals surface area contributed by atoms with Crippen LogP contribution in [0.3, 0.4) is 0 Å². The quantitative estimate of drug-likeness (QED) is 0.719. The Kier molecular flexibility index (Phi) is 6.09. The number of hydrogen-bond donors (Lipinski definition) is 0. The Hall–Kier alpha value is -1.32. The molecule has 106 valence electrons. The summed E-state index contributed by atoms with van der Waals surface area (Å²) in [6.45, 7) is 4.20. The summed E-state index contributed by atoms with van der Waals surface area (Å²) in [5.41, 5.74) is 2.53. The molecule has 2 aromatic rings. The summed E-state index contributed by atoms with van der Waals surface area (Å²) in [6, 6.07) is 15.0. The fourth-order valence-electron chi connectivity index (χ4n) is 2.10. The number of rotatable bonds is 7. The van der Waals surface area contributed by atoms with E-state index < -0.39 is 0 Å². The van der Waals surface area contributed by atoms with Crippen LogP contribution in [0.5, 0.6) is 0 Å². The Labute approximate surface area is 126 Å². The summed E-state index contributed by atoms with van der Waals surface area (Å²) >= 11 is 1.89. The Bertz CT molecular complexity index is 496. The molecule has 1 aromatic heterocycles. The van der Waals surface area contributed by atoms with Gasteiger partial charge in [-0.15, -0.1) is 11.8 Å². The van der Waals surface area contributed by atoms with Crippen molar-refractivity contribution in [1.29, 1.82) is 0 Å². The molecule has 0 N–H and O–H groups in total.